The number of methoxy groups -OCH3 is 2. The molecule has 22 heavy (non-hydrogen) atoms. The Morgan fingerprint density at radius 1 is 1.00 bits per heavy atom. The Bertz CT molecular complexity index is 726. The Balaban J connectivity index is 2.03. The van der Waals surface area contributed by atoms with Gasteiger partial charge in [-0.15, -0.1) is 11.8 Å². The van der Waals surface area contributed by atoms with E-state index in [1.165, 1.54) is 18.9 Å². The van der Waals surface area contributed by atoms with Gasteiger partial charge in [0, 0.05) is 10.6 Å². The number of sulfone groups is 1. The minimum atomic E-state index is -3.32. The van der Waals surface area contributed by atoms with Gasteiger partial charge in [0.15, 0.2) is 9.84 Å². The molecule has 4 nitrogen and oxygen atoms in total. The Morgan fingerprint density at radius 2 is 1.77 bits per heavy atom. The third-order valence-electron chi connectivity index (χ3n) is 3.08. The SMILES string of the molecule is COc1cccc(S(=O)(=O)CCSc2ccccc2OC)c1. The fourth-order valence-corrected chi connectivity index (χ4v) is 4.63. The minimum absolute atomic E-state index is 0.0584. The largest absolute Gasteiger partial charge is 0.497 e. The zero-order valence-electron chi connectivity index (χ0n) is 12.5. The predicted octanol–water partition coefficient (Wildman–Crippen LogP) is 3.27. The van der Waals surface area contributed by atoms with Gasteiger partial charge in [0.05, 0.1) is 24.9 Å². The number of rotatable bonds is 7. The van der Waals surface area contributed by atoms with Crippen molar-refractivity contribution in [3.05, 3.63) is 48.5 Å². The molecule has 0 unspecified atom stereocenters. The van der Waals surface area contributed by atoms with E-state index in [2.05, 4.69) is 0 Å². The molecule has 0 fully saturated rings. The zero-order chi connectivity index (χ0) is 16.0. The lowest BCUT2D eigenvalue weighted by atomic mass is 10.3. The fraction of sp³-hybridized carbons (Fsp3) is 0.250. The number of hydrogen-bond acceptors (Lipinski definition) is 5. The molecule has 2 rings (SSSR count). The molecule has 0 saturated heterocycles. The summed E-state index contributed by atoms with van der Waals surface area (Å²) in [6.07, 6.45) is 0. The fourth-order valence-electron chi connectivity index (χ4n) is 1.91. The number of thioether (sulfide) groups is 1. The lowest BCUT2D eigenvalue weighted by Crippen LogP contribution is -2.09. The molecule has 2 aromatic carbocycles. The van der Waals surface area contributed by atoms with E-state index in [9.17, 15) is 8.42 Å². The van der Waals surface area contributed by atoms with Crippen LogP contribution in [0.5, 0.6) is 11.5 Å². The molecule has 0 amide bonds. The van der Waals surface area contributed by atoms with Crippen LogP contribution in [-0.2, 0) is 9.84 Å². The highest BCUT2D eigenvalue weighted by Gasteiger charge is 2.15. The van der Waals surface area contributed by atoms with Gasteiger partial charge in [-0.05, 0) is 30.3 Å². The Morgan fingerprint density at radius 3 is 2.50 bits per heavy atom. The lowest BCUT2D eigenvalue weighted by Gasteiger charge is -2.09. The van der Waals surface area contributed by atoms with Gasteiger partial charge in [-0.1, -0.05) is 18.2 Å². The van der Waals surface area contributed by atoms with Crippen LogP contribution in [-0.4, -0.2) is 34.1 Å². The van der Waals surface area contributed by atoms with Crippen molar-refractivity contribution >= 4 is 21.6 Å². The zero-order valence-corrected chi connectivity index (χ0v) is 14.1. The molecule has 2 aromatic rings. The van der Waals surface area contributed by atoms with Crippen molar-refractivity contribution in [1.29, 1.82) is 0 Å². The molecule has 0 atom stereocenters. The lowest BCUT2D eigenvalue weighted by molar-refractivity contribution is 0.405. The van der Waals surface area contributed by atoms with Crippen molar-refractivity contribution in [2.75, 3.05) is 25.7 Å². The van der Waals surface area contributed by atoms with Crippen molar-refractivity contribution in [3.63, 3.8) is 0 Å². The monoisotopic (exact) mass is 338 g/mol. The highest BCUT2D eigenvalue weighted by Crippen LogP contribution is 2.29. The van der Waals surface area contributed by atoms with E-state index in [0.29, 0.717) is 11.5 Å². The maximum Gasteiger partial charge on any atom is 0.179 e. The molecular formula is C16H18O4S2. The first kappa shape index (κ1) is 16.7. The smallest absolute Gasteiger partial charge is 0.179 e. The van der Waals surface area contributed by atoms with Gasteiger partial charge in [-0.25, -0.2) is 8.42 Å². The van der Waals surface area contributed by atoms with Crippen LogP contribution in [0.2, 0.25) is 0 Å². The van der Waals surface area contributed by atoms with Crippen LogP contribution in [0.1, 0.15) is 0 Å². The first-order valence-corrected chi connectivity index (χ1v) is 9.33. The number of hydrogen-bond donors (Lipinski definition) is 0. The molecule has 0 aliphatic carbocycles. The summed E-state index contributed by atoms with van der Waals surface area (Å²) in [5.41, 5.74) is 0. The van der Waals surface area contributed by atoms with Crippen LogP contribution in [0.3, 0.4) is 0 Å². The quantitative estimate of drug-likeness (QED) is 0.725. The van der Waals surface area contributed by atoms with Gasteiger partial charge < -0.3 is 9.47 Å². The van der Waals surface area contributed by atoms with Crippen LogP contribution in [0, 0.1) is 0 Å². The first-order valence-electron chi connectivity index (χ1n) is 6.69. The molecular weight excluding hydrogens is 320 g/mol. The molecule has 0 aliphatic heterocycles. The van der Waals surface area contributed by atoms with Gasteiger partial charge in [0.2, 0.25) is 0 Å². The number of ether oxygens (including phenoxy) is 2. The second kappa shape index (κ2) is 7.56. The summed E-state index contributed by atoms with van der Waals surface area (Å²) in [5.74, 6) is 1.81. The van der Waals surface area contributed by atoms with Gasteiger partial charge in [-0.2, -0.15) is 0 Å². The van der Waals surface area contributed by atoms with E-state index in [1.807, 2.05) is 24.3 Å². The van der Waals surface area contributed by atoms with Gasteiger partial charge >= 0.3 is 0 Å². The minimum Gasteiger partial charge on any atom is -0.497 e. The van der Waals surface area contributed by atoms with Crippen molar-refractivity contribution in [2.24, 2.45) is 0 Å². The van der Waals surface area contributed by atoms with Crippen LogP contribution in [0.15, 0.2) is 58.3 Å². The predicted molar refractivity (Wildman–Crippen MR) is 88.8 cm³/mol. The summed E-state index contributed by atoms with van der Waals surface area (Å²) >= 11 is 1.47. The molecule has 0 saturated carbocycles. The molecule has 0 aromatic heterocycles. The summed E-state index contributed by atoms with van der Waals surface area (Å²) in [7, 11) is -0.204. The second-order valence-corrected chi connectivity index (χ2v) is 7.74. The Labute approximate surface area is 135 Å². The van der Waals surface area contributed by atoms with Crippen LogP contribution < -0.4 is 9.47 Å². The van der Waals surface area contributed by atoms with Crippen LogP contribution in [0.4, 0.5) is 0 Å². The van der Waals surface area contributed by atoms with E-state index in [1.54, 1.807) is 31.4 Å². The summed E-state index contributed by atoms with van der Waals surface area (Å²) in [6.45, 7) is 0. The van der Waals surface area contributed by atoms with E-state index in [4.69, 9.17) is 9.47 Å². The van der Waals surface area contributed by atoms with Crippen molar-refractivity contribution < 1.29 is 17.9 Å². The maximum absolute atomic E-state index is 12.3. The molecule has 6 heteroatoms. The van der Waals surface area contributed by atoms with Crippen molar-refractivity contribution in [1.82, 2.24) is 0 Å². The average Bonchev–Trinajstić information content (AvgIpc) is 2.55. The maximum atomic E-state index is 12.3. The standard InChI is InChI=1S/C16H18O4S2/c1-19-13-6-5-7-14(12-13)22(17,18)11-10-21-16-9-4-3-8-15(16)20-2/h3-9,12H,10-11H2,1-2H3. The summed E-state index contributed by atoms with van der Waals surface area (Å²) in [5, 5.41) is 0. The van der Waals surface area contributed by atoms with Crippen LogP contribution in [0.25, 0.3) is 0 Å². The summed E-state index contributed by atoms with van der Waals surface area (Å²) in [6, 6.07) is 14.1. The molecule has 0 spiro atoms. The van der Waals surface area contributed by atoms with E-state index in [0.717, 1.165) is 10.6 Å². The van der Waals surface area contributed by atoms with Crippen LogP contribution >= 0.6 is 11.8 Å². The molecule has 0 N–H and O–H groups in total. The van der Waals surface area contributed by atoms with Crippen molar-refractivity contribution in [3.8, 4) is 11.5 Å². The van der Waals surface area contributed by atoms with E-state index >= 15 is 0 Å². The van der Waals surface area contributed by atoms with Crippen molar-refractivity contribution in [2.45, 2.75) is 9.79 Å². The Kier molecular flexibility index (Phi) is 5.74. The van der Waals surface area contributed by atoms with E-state index in [-0.39, 0.29) is 10.6 Å². The average molecular weight is 338 g/mol. The molecule has 0 bridgehead atoms. The molecule has 0 radical (unpaired) electrons. The van der Waals surface area contributed by atoms with Gasteiger partial charge in [0.1, 0.15) is 11.5 Å². The summed E-state index contributed by atoms with van der Waals surface area (Å²) in [4.78, 5) is 1.22. The highest BCUT2D eigenvalue weighted by molar-refractivity contribution is 8.00. The number of benzene rings is 2. The van der Waals surface area contributed by atoms with Gasteiger partial charge in [-0.3, -0.25) is 0 Å². The topological polar surface area (TPSA) is 52.6 Å². The highest BCUT2D eigenvalue weighted by atomic mass is 32.2. The number of para-hydroxylation sites is 1. The third-order valence-corrected chi connectivity index (χ3v) is 6.11. The second-order valence-electron chi connectivity index (χ2n) is 4.50. The van der Waals surface area contributed by atoms with E-state index < -0.39 is 9.84 Å². The third kappa shape index (κ3) is 4.18. The van der Waals surface area contributed by atoms with Gasteiger partial charge in [0.25, 0.3) is 0 Å². The molecule has 0 heterocycles. The molecule has 0 aliphatic rings. The first-order chi connectivity index (χ1) is 10.6. The molecule has 118 valence electrons. The normalized spacial score (nSPS) is 11.2. The Hall–Kier alpha value is -1.66. The summed E-state index contributed by atoms with van der Waals surface area (Å²) < 4.78 is 35.0.